The van der Waals surface area contributed by atoms with E-state index in [-0.39, 0.29) is 0 Å². The Bertz CT molecular complexity index is 806. The van der Waals surface area contributed by atoms with Crippen molar-refractivity contribution in [2.24, 2.45) is 0 Å². The van der Waals surface area contributed by atoms with Crippen LogP contribution in [0.5, 0.6) is 0 Å². The molecular weight excluding hydrogens is 326 g/mol. The molecule has 4 heteroatoms. The van der Waals surface area contributed by atoms with Crippen molar-refractivity contribution in [2.45, 2.75) is 30.8 Å². The number of fused-ring (bicyclic) bond motifs is 1. The van der Waals surface area contributed by atoms with E-state index in [1.807, 2.05) is 11.8 Å². The minimum Gasteiger partial charge on any atom is -0.333 e. The van der Waals surface area contributed by atoms with Crippen LogP contribution in [0.3, 0.4) is 0 Å². The van der Waals surface area contributed by atoms with Gasteiger partial charge >= 0.3 is 0 Å². The number of nitrogens with zero attached hydrogens (tertiary/aromatic N) is 2. The maximum atomic E-state index is 4.79. The number of nitrogens with one attached hydrogen (secondary N) is 1. The summed E-state index contributed by atoms with van der Waals surface area (Å²) in [6.07, 6.45) is 5.08. The highest BCUT2D eigenvalue weighted by Gasteiger charge is 2.10. The molecule has 2 aromatic carbocycles. The molecule has 0 unspecified atom stereocenters. The first-order valence-electron chi connectivity index (χ1n) is 9.24. The molecule has 4 rings (SSSR count). The third-order valence-corrected chi connectivity index (χ3v) is 5.73. The van der Waals surface area contributed by atoms with Crippen molar-refractivity contribution in [1.82, 2.24) is 14.9 Å². The molecule has 130 valence electrons. The number of H-pyrrole nitrogens is 1. The summed E-state index contributed by atoms with van der Waals surface area (Å²) in [5.74, 6) is 1.11. The summed E-state index contributed by atoms with van der Waals surface area (Å²) in [6.45, 7) is 3.70. The van der Waals surface area contributed by atoms with E-state index >= 15 is 0 Å². The highest BCUT2D eigenvalue weighted by atomic mass is 32.2. The number of benzene rings is 2. The summed E-state index contributed by atoms with van der Waals surface area (Å²) < 4.78 is 0. The molecule has 1 aromatic heterocycles. The van der Waals surface area contributed by atoms with E-state index in [4.69, 9.17) is 4.98 Å². The minimum atomic E-state index is 0.959. The largest absolute Gasteiger partial charge is 0.333 e. The summed E-state index contributed by atoms with van der Waals surface area (Å²) in [6, 6.07) is 17.2. The molecule has 0 bridgehead atoms. The predicted molar refractivity (Wildman–Crippen MR) is 106 cm³/mol. The molecule has 1 saturated heterocycles. The molecule has 0 saturated carbocycles. The molecule has 1 aliphatic rings. The van der Waals surface area contributed by atoms with Crippen molar-refractivity contribution in [3.63, 3.8) is 0 Å². The smallest absolute Gasteiger partial charge is 0.166 e. The van der Waals surface area contributed by atoms with Crippen LogP contribution in [0, 0.1) is 0 Å². The van der Waals surface area contributed by atoms with Gasteiger partial charge in [-0.3, -0.25) is 0 Å². The number of thioether (sulfide) groups is 1. The number of imidazole rings is 1. The Morgan fingerprint density at radius 3 is 2.64 bits per heavy atom. The fourth-order valence-electron chi connectivity index (χ4n) is 3.49. The number of aromatic amines is 1. The van der Waals surface area contributed by atoms with Gasteiger partial charge in [-0.25, -0.2) is 4.98 Å². The lowest BCUT2D eigenvalue weighted by molar-refractivity contribution is 0.242. The highest BCUT2D eigenvalue weighted by molar-refractivity contribution is 7.99. The summed E-state index contributed by atoms with van der Waals surface area (Å²) in [5, 5.41) is 1.05. The van der Waals surface area contributed by atoms with E-state index in [0.717, 1.165) is 28.4 Å². The quantitative estimate of drug-likeness (QED) is 0.652. The first kappa shape index (κ1) is 16.7. The third kappa shape index (κ3) is 4.44. The van der Waals surface area contributed by atoms with Gasteiger partial charge in [-0.05, 0) is 55.6 Å². The van der Waals surface area contributed by atoms with Gasteiger partial charge < -0.3 is 9.88 Å². The topological polar surface area (TPSA) is 31.9 Å². The zero-order valence-electron chi connectivity index (χ0n) is 14.6. The Hall–Kier alpha value is -1.78. The van der Waals surface area contributed by atoms with Crippen molar-refractivity contribution in [3.05, 3.63) is 59.7 Å². The molecule has 1 fully saturated rings. The summed E-state index contributed by atoms with van der Waals surface area (Å²) in [4.78, 5) is 10.8. The van der Waals surface area contributed by atoms with Crippen LogP contribution in [0.15, 0.2) is 53.7 Å². The van der Waals surface area contributed by atoms with Gasteiger partial charge in [-0.15, -0.1) is 0 Å². The monoisotopic (exact) mass is 351 g/mol. The van der Waals surface area contributed by atoms with Gasteiger partial charge in [0.25, 0.3) is 0 Å². The highest BCUT2D eigenvalue weighted by Crippen LogP contribution is 2.22. The van der Waals surface area contributed by atoms with Crippen molar-refractivity contribution in [1.29, 1.82) is 0 Å². The number of piperidine rings is 1. The van der Waals surface area contributed by atoms with E-state index in [9.17, 15) is 0 Å². The normalized spacial score (nSPS) is 15.7. The molecule has 0 radical (unpaired) electrons. The molecule has 2 heterocycles. The van der Waals surface area contributed by atoms with Crippen molar-refractivity contribution < 1.29 is 0 Å². The number of hydrogen-bond acceptors (Lipinski definition) is 3. The van der Waals surface area contributed by atoms with Crippen LogP contribution in [0.1, 0.15) is 30.4 Å². The zero-order chi connectivity index (χ0) is 16.9. The first-order chi connectivity index (χ1) is 12.4. The molecule has 1 aliphatic heterocycles. The number of rotatable bonds is 6. The van der Waals surface area contributed by atoms with Crippen molar-refractivity contribution in [2.75, 3.05) is 25.4 Å². The molecule has 0 spiro atoms. The van der Waals surface area contributed by atoms with E-state index in [1.54, 1.807) is 0 Å². The van der Waals surface area contributed by atoms with E-state index in [2.05, 4.69) is 58.4 Å². The van der Waals surface area contributed by atoms with Crippen LogP contribution < -0.4 is 0 Å². The molecule has 3 nitrogen and oxygen atoms in total. The van der Waals surface area contributed by atoms with E-state index < -0.39 is 0 Å². The van der Waals surface area contributed by atoms with E-state index in [1.165, 1.54) is 50.0 Å². The van der Waals surface area contributed by atoms with Crippen LogP contribution in [-0.4, -0.2) is 40.3 Å². The summed E-state index contributed by atoms with van der Waals surface area (Å²) in [7, 11) is 0. The molecule has 0 atom stereocenters. The van der Waals surface area contributed by atoms with Gasteiger partial charge in [0.1, 0.15) is 0 Å². The minimum absolute atomic E-state index is 0.959. The number of likely N-dealkylation sites (tertiary alicyclic amines) is 1. The molecular formula is C21H25N3S. The van der Waals surface area contributed by atoms with Crippen LogP contribution in [-0.2, 0) is 6.42 Å². The Kier molecular flexibility index (Phi) is 5.38. The predicted octanol–water partition coefficient (Wildman–Crippen LogP) is 4.73. The molecule has 3 aromatic rings. The van der Waals surface area contributed by atoms with Crippen LogP contribution in [0.2, 0.25) is 0 Å². The average molecular weight is 352 g/mol. The Morgan fingerprint density at radius 1 is 0.960 bits per heavy atom. The summed E-state index contributed by atoms with van der Waals surface area (Å²) in [5.41, 5.74) is 4.87. The fraction of sp³-hybridized carbons (Fsp3) is 0.381. The van der Waals surface area contributed by atoms with E-state index in [0.29, 0.717) is 0 Å². The Morgan fingerprint density at radius 2 is 1.80 bits per heavy atom. The van der Waals surface area contributed by atoms with Crippen LogP contribution >= 0.6 is 11.8 Å². The van der Waals surface area contributed by atoms with Gasteiger partial charge in [0.15, 0.2) is 5.16 Å². The lowest BCUT2D eigenvalue weighted by Crippen LogP contribution is -2.31. The number of hydrogen-bond donors (Lipinski definition) is 1. The molecule has 1 N–H and O–H groups in total. The molecule has 25 heavy (non-hydrogen) atoms. The zero-order valence-corrected chi connectivity index (χ0v) is 15.4. The summed E-state index contributed by atoms with van der Waals surface area (Å²) >= 11 is 1.84. The lowest BCUT2D eigenvalue weighted by atomic mass is 10.0. The number of aromatic nitrogens is 2. The van der Waals surface area contributed by atoms with Gasteiger partial charge in [-0.1, -0.05) is 54.6 Å². The fourth-order valence-corrected chi connectivity index (χ4v) is 4.38. The second-order valence-electron chi connectivity index (χ2n) is 6.81. The average Bonchev–Trinajstić information content (AvgIpc) is 3.05. The second-order valence-corrected chi connectivity index (χ2v) is 7.89. The van der Waals surface area contributed by atoms with Crippen LogP contribution in [0.25, 0.3) is 11.0 Å². The maximum absolute atomic E-state index is 4.79. The standard InChI is InChI=1S/C21H25N3S/c1-3-7-17(8-4-1)15-18-9-10-19-20(16-18)23-21(22-19)25-14-13-24-11-5-2-6-12-24/h1,3-4,7-10,16H,2,5-6,11-15H2,(H,22,23). The van der Waals surface area contributed by atoms with Crippen molar-refractivity contribution >= 4 is 22.8 Å². The van der Waals surface area contributed by atoms with Crippen LogP contribution in [0.4, 0.5) is 0 Å². The van der Waals surface area contributed by atoms with Gasteiger partial charge in [0.2, 0.25) is 0 Å². The lowest BCUT2D eigenvalue weighted by Gasteiger charge is -2.25. The SMILES string of the molecule is c1ccc(Cc2ccc3[nH]c(SCCN4CCCCC4)nc3c2)cc1. The second kappa shape index (κ2) is 8.07. The molecule has 0 aliphatic carbocycles. The maximum Gasteiger partial charge on any atom is 0.166 e. The Balaban J connectivity index is 1.38. The van der Waals surface area contributed by atoms with Gasteiger partial charge in [0, 0.05) is 12.3 Å². The van der Waals surface area contributed by atoms with Gasteiger partial charge in [-0.2, -0.15) is 0 Å². The molecule has 0 amide bonds. The Labute approximate surface area is 153 Å². The third-order valence-electron chi connectivity index (χ3n) is 4.87. The van der Waals surface area contributed by atoms with Crippen molar-refractivity contribution in [3.8, 4) is 0 Å². The first-order valence-corrected chi connectivity index (χ1v) is 10.2. The van der Waals surface area contributed by atoms with Gasteiger partial charge in [0.05, 0.1) is 11.0 Å².